The molecular weight excluding hydrogens is 445 g/mol. The predicted octanol–water partition coefficient (Wildman–Crippen LogP) is 4.80. The first-order valence-corrected chi connectivity index (χ1v) is 11.8. The summed E-state index contributed by atoms with van der Waals surface area (Å²) in [5.41, 5.74) is 10.6. The molecule has 180 valence electrons. The molecule has 0 radical (unpaired) electrons. The molecule has 0 spiro atoms. The van der Waals surface area contributed by atoms with Gasteiger partial charge in [0.1, 0.15) is 5.82 Å². The number of carbonyl (C=O) groups excluding carboxylic acids is 1. The Kier molecular flexibility index (Phi) is 6.57. The molecule has 2 aromatic carbocycles. The second-order valence-corrected chi connectivity index (χ2v) is 9.07. The largest absolute Gasteiger partial charge is 0.342 e. The van der Waals surface area contributed by atoms with Crippen molar-refractivity contribution >= 4 is 17.0 Å². The van der Waals surface area contributed by atoms with E-state index < -0.39 is 0 Å². The maximum atomic E-state index is 13.5. The second kappa shape index (κ2) is 9.93. The Labute approximate surface area is 203 Å². The molecule has 1 aliphatic rings. The SMILES string of the molecule is Cc1noc2nc(-c3ccccc3)cc(C(=O)N(C)CCCC3CC(c4cccc(F)c4)NN3)c12. The van der Waals surface area contributed by atoms with Gasteiger partial charge in [0.15, 0.2) is 0 Å². The Morgan fingerprint density at radius 2 is 1.97 bits per heavy atom. The van der Waals surface area contributed by atoms with Crippen LogP contribution in [0.1, 0.15) is 46.9 Å². The molecule has 4 aromatic rings. The first-order valence-electron chi connectivity index (χ1n) is 11.8. The summed E-state index contributed by atoms with van der Waals surface area (Å²) in [6.07, 6.45) is 2.59. The Morgan fingerprint density at radius 1 is 1.14 bits per heavy atom. The van der Waals surface area contributed by atoms with Crippen molar-refractivity contribution in [1.29, 1.82) is 0 Å². The van der Waals surface area contributed by atoms with E-state index in [0.717, 1.165) is 30.4 Å². The lowest BCUT2D eigenvalue weighted by Gasteiger charge is -2.19. The van der Waals surface area contributed by atoms with Gasteiger partial charge >= 0.3 is 0 Å². The van der Waals surface area contributed by atoms with Crippen molar-refractivity contribution in [3.8, 4) is 11.3 Å². The molecule has 3 heterocycles. The highest BCUT2D eigenvalue weighted by Crippen LogP contribution is 2.28. The van der Waals surface area contributed by atoms with Gasteiger partial charge in [-0.3, -0.25) is 15.6 Å². The minimum atomic E-state index is -0.225. The van der Waals surface area contributed by atoms with Crippen LogP contribution in [0.5, 0.6) is 0 Å². The molecule has 8 heteroatoms. The highest BCUT2D eigenvalue weighted by Gasteiger charge is 2.26. The number of pyridine rings is 1. The normalized spacial score (nSPS) is 17.7. The third kappa shape index (κ3) is 4.94. The van der Waals surface area contributed by atoms with Crippen LogP contribution in [0, 0.1) is 12.7 Å². The van der Waals surface area contributed by atoms with Crippen molar-refractivity contribution in [2.45, 2.75) is 38.3 Å². The van der Waals surface area contributed by atoms with Crippen molar-refractivity contribution in [1.82, 2.24) is 25.9 Å². The van der Waals surface area contributed by atoms with Gasteiger partial charge in [-0.15, -0.1) is 0 Å². The molecule has 1 amide bonds. The summed E-state index contributed by atoms with van der Waals surface area (Å²) >= 11 is 0. The number of hydrogen-bond acceptors (Lipinski definition) is 6. The molecule has 2 unspecified atom stereocenters. The number of nitrogens with zero attached hydrogens (tertiary/aromatic N) is 3. The molecule has 0 saturated carbocycles. The summed E-state index contributed by atoms with van der Waals surface area (Å²) in [6.45, 7) is 2.43. The highest BCUT2D eigenvalue weighted by molar-refractivity contribution is 6.06. The van der Waals surface area contributed by atoms with E-state index in [4.69, 9.17) is 4.52 Å². The van der Waals surface area contributed by atoms with Crippen LogP contribution >= 0.6 is 0 Å². The number of hydrogen-bond donors (Lipinski definition) is 2. The van der Waals surface area contributed by atoms with E-state index in [1.54, 1.807) is 17.0 Å². The lowest BCUT2D eigenvalue weighted by atomic mass is 9.99. The van der Waals surface area contributed by atoms with Gasteiger partial charge in [0, 0.05) is 31.2 Å². The smallest absolute Gasteiger partial charge is 0.259 e. The van der Waals surface area contributed by atoms with Crippen LogP contribution in [-0.4, -0.2) is 40.6 Å². The van der Waals surface area contributed by atoms with Crippen molar-refractivity contribution in [2.24, 2.45) is 0 Å². The van der Waals surface area contributed by atoms with Gasteiger partial charge in [-0.1, -0.05) is 47.6 Å². The number of aromatic nitrogens is 2. The third-order valence-electron chi connectivity index (χ3n) is 6.54. The number of halogens is 1. The summed E-state index contributed by atoms with van der Waals surface area (Å²) < 4.78 is 19.0. The number of rotatable bonds is 7. The summed E-state index contributed by atoms with van der Waals surface area (Å²) in [4.78, 5) is 19.8. The third-order valence-corrected chi connectivity index (χ3v) is 6.54. The van der Waals surface area contributed by atoms with Gasteiger partial charge in [-0.2, -0.15) is 0 Å². The van der Waals surface area contributed by atoms with Gasteiger partial charge in [0.2, 0.25) is 0 Å². The molecular formula is C27H28FN5O2. The van der Waals surface area contributed by atoms with E-state index in [2.05, 4.69) is 21.0 Å². The summed E-state index contributed by atoms with van der Waals surface area (Å²) in [5, 5.41) is 4.69. The van der Waals surface area contributed by atoms with Crippen LogP contribution in [0.2, 0.25) is 0 Å². The van der Waals surface area contributed by atoms with Crippen molar-refractivity contribution in [3.05, 3.63) is 83.3 Å². The molecule has 5 rings (SSSR count). The van der Waals surface area contributed by atoms with Gasteiger partial charge in [0.25, 0.3) is 11.6 Å². The molecule has 1 saturated heterocycles. The van der Waals surface area contributed by atoms with Gasteiger partial charge < -0.3 is 9.42 Å². The highest BCUT2D eigenvalue weighted by atomic mass is 19.1. The number of hydrazine groups is 1. The average Bonchev–Trinajstić information content (AvgIpc) is 3.50. The number of fused-ring (bicyclic) bond motifs is 1. The van der Waals surface area contributed by atoms with Gasteiger partial charge in [0.05, 0.1) is 22.3 Å². The lowest BCUT2D eigenvalue weighted by Crippen LogP contribution is -2.32. The van der Waals surface area contributed by atoms with Crippen LogP contribution in [0.4, 0.5) is 4.39 Å². The molecule has 7 nitrogen and oxygen atoms in total. The van der Waals surface area contributed by atoms with Crippen LogP contribution in [0.3, 0.4) is 0 Å². The molecule has 1 aliphatic heterocycles. The first kappa shape index (κ1) is 23.1. The maximum Gasteiger partial charge on any atom is 0.259 e. The number of nitrogens with one attached hydrogen (secondary N) is 2. The summed E-state index contributed by atoms with van der Waals surface area (Å²) in [6, 6.07) is 18.6. The summed E-state index contributed by atoms with van der Waals surface area (Å²) in [5.74, 6) is -0.312. The number of amides is 1. The average molecular weight is 474 g/mol. The van der Waals surface area contributed by atoms with E-state index in [0.29, 0.717) is 34.6 Å². The second-order valence-electron chi connectivity index (χ2n) is 9.07. The van der Waals surface area contributed by atoms with E-state index in [9.17, 15) is 9.18 Å². The fourth-order valence-electron chi connectivity index (χ4n) is 4.66. The Morgan fingerprint density at radius 3 is 2.77 bits per heavy atom. The van der Waals surface area contributed by atoms with E-state index >= 15 is 0 Å². The molecule has 0 bridgehead atoms. The lowest BCUT2D eigenvalue weighted by molar-refractivity contribution is 0.0793. The molecule has 2 N–H and O–H groups in total. The number of benzene rings is 2. The Balaban J connectivity index is 1.24. The summed E-state index contributed by atoms with van der Waals surface area (Å²) in [7, 11) is 1.81. The number of carbonyl (C=O) groups is 1. The first-order chi connectivity index (χ1) is 17.0. The van der Waals surface area contributed by atoms with Crippen LogP contribution in [0.25, 0.3) is 22.4 Å². The zero-order valence-electron chi connectivity index (χ0n) is 19.8. The Bertz CT molecular complexity index is 1340. The molecule has 1 fully saturated rings. The fraction of sp³-hybridized carbons (Fsp3) is 0.296. The van der Waals surface area contributed by atoms with Crippen molar-refractivity contribution in [2.75, 3.05) is 13.6 Å². The minimum absolute atomic E-state index is 0.0770. The van der Waals surface area contributed by atoms with Crippen molar-refractivity contribution < 1.29 is 13.7 Å². The minimum Gasteiger partial charge on any atom is -0.342 e. The fourth-order valence-corrected chi connectivity index (χ4v) is 4.66. The van der Waals surface area contributed by atoms with Crippen LogP contribution in [-0.2, 0) is 0 Å². The molecule has 35 heavy (non-hydrogen) atoms. The Hall–Kier alpha value is -3.62. The molecule has 2 atom stereocenters. The zero-order valence-corrected chi connectivity index (χ0v) is 19.8. The number of aryl methyl sites for hydroxylation is 1. The van der Waals surface area contributed by atoms with Crippen molar-refractivity contribution in [3.63, 3.8) is 0 Å². The van der Waals surface area contributed by atoms with Gasteiger partial charge in [-0.05, 0) is 49.9 Å². The van der Waals surface area contributed by atoms with Crippen LogP contribution < -0.4 is 10.9 Å². The molecule has 2 aromatic heterocycles. The predicted molar refractivity (Wildman–Crippen MR) is 132 cm³/mol. The molecule has 0 aliphatic carbocycles. The van der Waals surface area contributed by atoms with E-state index in [-0.39, 0.29) is 23.8 Å². The van der Waals surface area contributed by atoms with Crippen LogP contribution in [0.15, 0.2) is 65.2 Å². The van der Waals surface area contributed by atoms with Gasteiger partial charge in [-0.25, -0.2) is 9.37 Å². The zero-order chi connectivity index (χ0) is 24.4. The topological polar surface area (TPSA) is 83.3 Å². The quantitative estimate of drug-likeness (QED) is 0.401. The standard InChI is InChI=1S/C27H28FN5O2/c1-17-25-22(16-23(29-26(25)35-32-17)18-8-4-3-5-9-18)27(34)33(2)13-7-12-21-15-24(31-30-21)19-10-6-11-20(28)14-19/h3-6,8-11,14,16,21,24,30-31H,7,12-13,15H2,1-2H3. The van der Waals surface area contributed by atoms with E-state index in [1.807, 2.05) is 56.4 Å². The maximum absolute atomic E-state index is 13.5. The monoisotopic (exact) mass is 473 g/mol. The van der Waals surface area contributed by atoms with E-state index in [1.165, 1.54) is 6.07 Å².